The first-order valence-corrected chi connectivity index (χ1v) is 13.4. The lowest BCUT2D eigenvalue weighted by atomic mass is 10.1. The first-order chi connectivity index (χ1) is 20.6. The van der Waals surface area contributed by atoms with Gasteiger partial charge >= 0.3 is 0 Å². The van der Waals surface area contributed by atoms with Gasteiger partial charge in [0, 0.05) is 23.3 Å². The topological polar surface area (TPSA) is 55.4 Å². The van der Waals surface area contributed by atoms with Gasteiger partial charge in [-0.3, -0.25) is 0 Å². The summed E-state index contributed by atoms with van der Waals surface area (Å²) in [7, 11) is 6.53. The van der Waals surface area contributed by atoms with Crippen molar-refractivity contribution in [1.82, 2.24) is 0 Å². The van der Waals surface area contributed by atoms with Crippen LogP contribution in [-0.2, 0) is 35.9 Å². The van der Waals surface area contributed by atoms with Gasteiger partial charge in [-0.15, -0.1) is 0 Å². The average molecular weight is 563 g/mol. The van der Waals surface area contributed by atoms with Crippen LogP contribution in [0.25, 0.3) is 0 Å². The van der Waals surface area contributed by atoms with Crippen molar-refractivity contribution in [3.63, 3.8) is 0 Å². The molecular formula is C36H34O6. The zero-order valence-corrected chi connectivity index (χ0v) is 24.4. The van der Waals surface area contributed by atoms with Gasteiger partial charge in [0.15, 0.2) is 0 Å². The van der Waals surface area contributed by atoms with Crippen LogP contribution in [0.1, 0.15) is 33.4 Å². The maximum atomic E-state index is 5.87. The molecule has 0 aliphatic carbocycles. The number of hydrogen-bond acceptors (Lipinski definition) is 6. The largest absolute Gasteiger partial charge is 0.497 e. The van der Waals surface area contributed by atoms with E-state index >= 15 is 0 Å². The minimum atomic E-state index is 0.456. The molecule has 4 aromatic carbocycles. The van der Waals surface area contributed by atoms with E-state index in [-0.39, 0.29) is 0 Å². The Hall–Kier alpha value is -4.88. The highest BCUT2D eigenvalue weighted by Crippen LogP contribution is 2.24. The number of benzene rings is 4. The number of hydrogen-bond donors (Lipinski definition) is 0. The van der Waals surface area contributed by atoms with Crippen molar-refractivity contribution in [2.24, 2.45) is 0 Å². The van der Waals surface area contributed by atoms with E-state index in [9.17, 15) is 0 Å². The normalized spacial score (nSPS) is 10.1. The van der Waals surface area contributed by atoms with E-state index in [1.54, 1.807) is 28.4 Å². The van der Waals surface area contributed by atoms with Crippen molar-refractivity contribution in [1.29, 1.82) is 0 Å². The van der Waals surface area contributed by atoms with Crippen LogP contribution in [0, 0.1) is 23.7 Å². The van der Waals surface area contributed by atoms with Gasteiger partial charge in [0.2, 0.25) is 0 Å². The maximum absolute atomic E-state index is 5.87. The molecule has 214 valence electrons. The lowest BCUT2D eigenvalue weighted by Crippen LogP contribution is -1.96. The summed E-state index contributed by atoms with van der Waals surface area (Å²) in [6.07, 6.45) is 0. The van der Waals surface area contributed by atoms with E-state index in [0.717, 1.165) is 56.4 Å². The van der Waals surface area contributed by atoms with Crippen molar-refractivity contribution >= 4 is 0 Å². The molecule has 6 nitrogen and oxygen atoms in total. The Bertz CT molecular complexity index is 1400. The second-order valence-electron chi connectivity index (χ2n) is 9.32. The van der Waals surface area contributed by atoms with E-state index in [2.05, 4.69) is 23.7 Å². The standard InChI is InChI=1S/C36H34O6/c1-37-33-17-31(18-34(21-33)38-2)25-41-23-29-13-9-27(10-14-29)7-5-6-8-28-11-15-30(16-12-28)24-42-26-32-19-35(39-3)22-36(20-32)40-4/h9-22H,23-26H2,1-4H3. The van der Waals surface area contributed by atoms with Crippen LogP contribution >= 0.6 is 0 Å². The molecule has 0 amide bonds. The quantitative estimate of drug-likeness (QED) is 0.182. The smallest absolute Gasteiger partial charge is 0.122 e. The van der Waals surface area contributed by atoms with Crippen LogP contribution in [0.2, 0.25) is 0 Å². The van der Waals surface area contributed by atoms with Crippen LogP contribution in [0.3, 0.4) is 0 Å². The molecule has 0 aliphatic rings. The summed E-state index contributed by atoms with van der Waals surface area (Å²) in [5.41, 5.74) is 5.89. The third-order valence-corrected chi connectivity index (χ3v) is 6.28. The Morgan fingerprint density at radius 3 is 1.02 bits per heavy atom. The summed E-state index contributed by atoms with van der Waals surface area (Å²) < 4.78 is 33.0. The molecule has 42 heavy (non-hydrogen) atoms. The molecule has 0 heterocycles. The molecular weight excluding hydrogens is 528 g/mol. The van der Waals surface area contributed by atoms with Gasteiger partial charge in [0.1, 0.15) is 23.0 Å². The molecule has 0 unspecified atom stereocenters. The SMILES string of the molecule is COc1cc(COCc2ccc(C#CC#Cc3ccc(COCc4cc(OC)cc(OC)c4)cc3)cc2)cc(OC)c1. The zero-order valence-electron chi connectivity index (χ0n) is 24.4. The third-order valence-electron chi connectivity index (χ3n) is 6.28. The molecule has 0 bridgehead atoms. The molecule has 4 rings (SSSR count). The van der Waals surface area contributed by atoms with Crippen LogP contribution < -0.4 is 18.9 Å². The molecule has 6 heteroatoms. The average Bonchev–Trinajstić information content (AvgIpc) is 3.04. The fraction of sp³-hybridized carbons (Fsp3) is 0.222. The molecule has 0 radical (unpaired) electrons. The number of methoxy groups -OCH3 is 4. The first kappa shape index (κ1) is 30.1. The van der Waals surface area contributed by atoms with E-state index in [1.807, 2.05) is 84.9 Å². The highest BCUT2D eigenvalue weighted by Gasteiger charge is 2.04. The van der Waals surface area contributed by atoms with Gasteiger partial charge < -0.3 is 28.4 Å². The minimum Gasteiger partial charge on any atom is -0.497 e. The van der Waals surface area contributed by atoms with Gasteiger partial charge in [-0.05, 0) is 82.6 Å². The molecule has 0 spiro atoms. The molecule has 4 aromatic rings. The lowest BCUT2D eigenvalue weighted by Gasteiger charge is -2.09. The summed E-state index contributed by atoms with van der Waals surface area (Å²) in [5.74, 6) is 15.0. The van der Waals surface area contributed by atoms with Crippen molar-refractivity contribution in [2.45, 2.75) is 26.4 Å². The van der Waals surface area contributed by atoms with Crippen LogP contribution in [-0.4, -0.2) is 28.4 Å². The summed E-state index contributed by atoms with van der Waals surface area (Å²) >= 11 is 0. The van der Waals surface area contributed by atoms with Crippen molar-refractivity contribution in [2.75, 3.05) is 28.4 Å². The van der Waals surface area contributed by atoms with Gasteiger partial charge in [-0.2, -0.15) is 0 Å². The predicted octanol–water partition coefficient (Wildman–Crippen LogP) is 6.56. The molecule has 0 atom stereocenters. The van der Waals surface area contributed by atoms with Crippen LogP contribution in [0.15, 0.2) is 84.9 Å². The van der Waals surface area contributed by atoms with E-state index < -0.39 is 0 Å². The summed E-state index contributed by atoms with van der Waals surface area (Å²) in [6, 6.07) is 27.3. The Labute approximate surface area is 248 Å². The zero-order chi connectivity index (χ0) is 29.6. The second-order valence-corrected chi connectivity index (χ2v) is 9.32. The van der Waals surface area contributed by atoms with Gasteiger partial charge in [-0.25, -0.2) is 0 Å². The molecule has 0 N–H and O–H groups in total. The fourth-order valence-corrected chi connectivity index (χ4v) is 4.05. The Morgan fingerprint density at radius 2 is 0.714 bits per heavy atom. The molecule has 0 aliphatic heterocycles. The third kappa shape index (κ3) is 9.35. The van der Waals surface area contributed by atoms with E-state index in [0.29, 0.717) is 26.4 Å². The van der Waals surface area contributed by atoms with E-state index in [4.69, 9.17) is 28.4 Å². The molecule has 0 fully saturated rings. The minimum absolute atomic E-state index is 0.456. The number of ether oxygens (including phenoxy) is 6. The van der Waals surface area contributed by atoms with Crippen molar-refractivity contribution in [3.05, 3.63) is 118 Å². The molecule has 0 aromatic heterocycles. The van der Waals surface area contributed by atoms with Crippen LogP contribution in [0.4, 0.5) is 0 Å². The van der Waals surface area contributed by atoms with Gasteiger partial charge in [0.05, 0.1) is 54.9 Å². The number of rotatable bonds is 12. The summed E-state index contributed by atoms with van der Waals surface area (Å²) in [5, 5.41) is 0. The lowest BCUT2D eigenvalue weighted by molar-refractivity contribution is 0.107. The maximum Gasteiger partial charge on any atom is 0.122 e. The Morgan fingerprint density at radius 1 is 0.405 bits per heavy atom. The van der Waals surface area contributed by atoms with Crippen molar-refractivity contribution < 1.29 is 28.4 Å². The van der Waals surface area contributed by atoms with Gasteiger partial charge in [-0.1, -0.05) is 36.1 Å². The van der Waals surface area contributed by atoms with Crippen molar-refractivity contribution in [3.8, 4) is 46.7 Å². The summed E-state index contributed by atoms with van der Waals surface area (Å²) in [6.45, 7) is 1.89. The Kier molecular flexibility index (Phi) is 11.3. The predicted molar refractivity (Wildman–Crippen MR) is 163 cm³/mol. The second kappa shape index (κ2) is 15.8. The van der Waals surface area contributed by atoms with Crippen LogP contribution in [0.5, 0.6) is 23.0 Å². The first-order valence-electron chi connectivity index (χ1n) is 13.4. The Balaban J connectivity index is 1.22. The summed E-state index contributed by atoms with van der Waals surface area (Å²) in [4.78, 5) is 0. The monoisotopic (exact) mass is 562 g/mol. The molecule has 0 saturated heterocycles. The van der Waals surface area contributed by atoms with Gasteiger partial charge in [0.25, 0.3) is 0 Å². The fourth-order valence-electron chi connectivity index (χ4n) is 4.05. The molecule has 0 saturated carbocycles. The van der Waals surface area contributed by atoms with E-state index in [1.165, 1.54) is 0 Å². The highest BCUT2D eigenvalue weighted by atomic mass is 16.5. The highest BCUT2D eigenvalue weighted by molar-refractivity contribution is 5.45.